The Morgan fingerprint density at radius 3 is 1.40 bits per heavy atom. The lowest BCUT2D eigenvalue weighted by Gasteiger charge is -2.28. The highest BCUT2D eigenvalue weighted by molar-refractivity contribution is 9.11. The zero-order valence-electron chi connectivity index (χ0n) is 37.6. The van der Waals surface area contributed by atoms with E-state index in [1.165, 1.54) is 22.7 Å². The van der Waals surface area contributed by atoms with Crippen LogP contribution in [0.15, 0.2) is 78.2 Å². The van der Waals surface area contributed by atoms with Gasteiger partial charge in [0.05, 0.1) is 57.0 Å². The minimum atomic E-state index is -1.03. The Balaban J connectivity index is 0.000000201. The lowest BCUT2D eigenvalue weighted by Crippen LogP contribution is -2.55. The van der Waals surface area contributed by atoms with E-state index >= 15 is 0 Å². The molecule has 20 heteroatoms. The summed E-state index contributed by atoms with van der Waals surface area (Å²) in [5, 5.41) is 24.0. The second-order valence-corrected chi connectivity index (χ2v) is 21.5. The van der Waals surface area contributed by atoms with Crippen molar-refractivity contribution >= 4 is 101 Å². The molecule has 6 heterocycles. The Morgan fingerprint density at radius 2 is 1.06 bits per heavy atom. The zero-order valence-corrected chi connectivity index (χ0v) is 42.4. The number of benzene rings is 2. The molecule has 0 aliphatic carbocycles. The van der Waals surface area contributed by atoms with Crippen LogP contribution in [0.4, 0.5) is 11.4 Å². The largest absolute Gasteiger partial charge is 0.379 e. The number of nitrogens with zero attached hydrogens (tertiary/aromatic N) is 6. The number of carbonyl (C=O) groups excluding carboxylic acids is 4. The van der Waals surface area contributed by atoms with Gasteiger partial charge in [-0.25, -0.2) is 0 Å². The van der Waals surface area contributed by atoms with Gasteiger partial charge < -0.3 is 39.4 Å². The Morgan fingerprint density at radius 1 is 0.632 bits per heavy atom. The highest BCUT2D eigenvalue weighted by Gasteiger charge is 2.44. The van der Waals surface area contributed by atoms with Gasteiger partial charge in [0, 0.05) is 76.2 Å². The number of aliphatic imine (C=N–C) groups is 2. The normalized spacial score (nSPS) is 21.8. The average molecular weight is 1090 g/mol. The molecule has 4 aliphatic heterocycles. The van der Waals surface area contributed by atoms with Crippen molar-refractivity contribution in [1.82, 2.24) is 10.6 Å². The first kappa shape index (κ1) is 50.7. The second kappa shape index (κ2) is 23.4. The molecule has 0 saturated carbocycles. The molecule has 4 aromatic rings. The molecule has 0 unspecified atom stereocenters. The smallest absolute Gasteiger partial charge is 0.262 e. The maximum Gasteiger partial charge on any atom is 0.262 e. The molecule has 4 saturated heterocycles. The van der Waals surface area contributed by atoms with Crippen LogP contribution in [-0.4, -0.2) is 112 Å². The number of nitriles is 2. The summed E-state index contributed by atoms with van der Waals surface area (Å²) in [6, 6.07) is 18.8. The van der Waals surface area contributed by atoms with Crippen molar-refractivity contribution in [1.29, 1.82) is 10.5 Å². The first-order chi connectivity index (χ1) is 32.8. The van der Waals surface area contributed by atoms with Crippen LogP contribution in [0, 0.1) is 36.8 Å². The maximum atomic E-state index is 13.4. The fourth-order valence-corrected chi connectivity index (χ4v) is 11.1. The number of hydrogen-bond donors (Lipinski definition) is 2. The molecule has 2 atom stereocenters. The third-order valence-electron chi connectivity index (χ3n) is 12.1. The van der Waals surface area contributed by atoms with Crippen molar-refractivity contribution in [2.75, 3.05) is 75.7 Å². The van der Waals surface area contributed by atoms with Crippen LogP contribution < -0.4 is 20.4 Å². The molecule has 2 amide bonds. The van der Waals surface area contributed by atoms with Crippen molar-refractivity contribution in [3.05, 3.63) is 100 Å². The monoisotopic (exact) mass is 1090 g/mol. The number of nitrogens with one attached hydrogen (secondary N) is 2. The van der Waals surface area contributed by atoms with Crippen molar-refractivity contribution in [2.45, 2.75) is 63.5 Å². The predicted molar refractivity (Wildman–Crippen MR) is 267 cm³/mol. The van der Waals surface area contributed by atoms with Crippen LogP contribution in [0.3, 0.4) is 0 Å². The molecule has 0 spiro atoms. The molecular weight excluding hydrogens is 1040 g/mol. The van der Waals surface area contributed by atoms with Crippen molar-refractivity contribution in [3.8, 4) is 12.4 Å². The van der Waals surface area contributed by atoms with Crippen LogP contribution in [-0.2, 0) is 41.4 Å². The van der Waals surface area contributed by atoms with Crippen LogP contribution in [0.5, 0.6) is 0 Å². The number of anilines is 2. The minimum Gasteiger partial charge on any atom is -0.379 e. The van der Waals surface area contributed by atoms with Crippen molar-refractivity contribution in [3.63, 3.8) is 0 Å². The van der Waals surface area contributed by atoms with Gasteiger partial charge in [-0.1, -0.05) is 24.3 Å². The number of carbonyl (C=O) groups is 4. The van der Waals surface area contributed by atoms with E-state index in [1.807, 2.05) is 84.6 Å². The lowest BCUT2D eigenvalue weighted by atomic mass is 9.88. The minimum absolute atomic E-state index is 0.0731. The quantitative estimate of drug-likeness (QED) is 0.135. The van der Waals surface area contributed by atoms with E-state index < -0.39 is 11.1 Å². The van der Waals surface area contributed by atoms with Gasteiger partial charge in [-0.05, 0) is 104 Å². The van der Waals surface area contributed by atoms with E-state index in [1.54, 1.807) is 12.1 Å². The molecule has 8 rings (SSSR count). The number of ether oxygens (including phenoxy) is 4. The van der Waals surface area contributed by atoms with E-state index in [9.17, 15) is 19.2 Å². The molecular formula is C48H50Br2N8O8S2. The predicted octanol–water partition coefficient (Wildman–Crippen LogP) is 7.25. The lowest BCUT2D eigenvalue weighted by molar-refractivity contribution is -0.125. The van der Waals surface area contributed by atoms with Gasteiger partial charge in [-0.2, -0.15) is 20.5 Å². The Kier molecular flexibility index (Phi) is 17.5. The number of rotatable bonds is 12. The maximum absolute atomic E-state index is 13.4. The summed E-state index contributed by atoms with van der Waals surface area (Å²) in [4.78, 5) is 65.4. The summed E-state index contributed by atoms with van der Waals surface area (Å²) < 4.78 is 23.9. The standard InChI is InChI=1S/2C24H25BrN4O4S/c2*1-16-12-17(2-3-18(16)29-8-11-32-9-6-22(29)27-15-26)13-20(30)24(7-10-33-14-24)28-23(31)19-4-5-21(25)34-19/h2*2-5,12H,6-11,13-14H2,1H3,(H,28,31)/t2*24-/m10/s1. The molecule has 4 fully saturated rings. The number of ketones is 2. The number of thiophene rings is 2. The molecule has 2 aromatic carbocycles. The summed E-state index contributed by atoms with van der Waals surface area (Å²) in [5.74, 6) is 0.670. The van der Waals surface area contributed by atoms with E-state index in [4.69, 9.17) is 29.5 Å². The molecule has 16 nitrogen and oxygen atoms in total. The van der Waals surface area contributed by atoms with Gasteiger partial charge in [-0.15, -0.1) is 22.7 Å². The van der Waals surface area contributed by atoms with Crippen LogP contribution in [0.2, 0.25) is 0 Å². The fraction of sp³-hybridized carbons (Fsp3) is 0.417. The average Bonchev–Trinajstić information content (AvgIpc) is 4.12. The summed E-state index contributed by atoms with van der Waals surface area (Å²) >= 11 is 9.39. The van der Waals surface area contributed by atoms with Gasteiger partial charge in [0.2, 0.25) is 12.4 Å². The highest BCUT2D eigenvalue weighted by Crippen LogP contribution is 2.31. The number of amidine groups is 2. The van der Waals surface area contributed by atoms with Gasteiger partial charge in [-0.3, -0.25) is 19.2 Å². The van der Waals surface area contributed by atoms with Crippen LogP contribution >= 0.6 is 54.5 Å². The zero-order chi connectivity index (χ0) is 48.3. The molecule has 0 bridgehead atoms. The summed E-state index contributed by atoms with van der Waals surface area (Å²) in [7, 11) is 0. The van der Waals surface area contributed by atoms with E-state index in [0.29, 0.717) is 99.8 Å². The molecule has 68 heavy (non-hydrogen) atoms. The molecule has 2 aromatic heterocycles. The number of Topliss-reactive ketones (excluding diaryl/α,β-unsaturated/α-hetero) is 2. The Hall–Kier alpha value is -5.16. The molecule has 4 aliphatic rings. The Labute approximate surface area is 419 Å². The van der Waals surface area contributed by atoms with Gasteiger partial charge in [0.15, 0.2) is 11.6 Å². The number of hydrogen-bond acceptors (Lipinski definition) is 14. The topological polar surface area (TPSA) is 208 Å². The number of aryl methyl sites for hydroxylation is 2. The van der Waals surface area contributed by atoms with Crippen LogP contribution in [0.1, 0.15) is 67.3 Å². The summed E-state index contributed by atoms with van der Waals surface area (Å²) in [6.45, 7) is 8.50. The molecule has 356 valence electrons. The number of halogens is 2. The summed E-state index contributed by atoms with van der Waals surface area (Å²) in [6.07, 6.45) is 6.16. The SMILES string of the molecule is Cc1cc(CC(=O)[C@@]2(NC(=O)c3ccc(Br)s3)CCOC2)ccc1N1CCOCCC1=NC#N.Cc1cc(CC(=O)[C@]2(NC(=O)c3ccc(Br)s3)CCOC2)ccc1N1CCOCCC1=NC#N. The second-order valence-electron chi connectivity index (χ2n) is 16.6. The van der Waals surface area contributed by atoms with Crippen molar-refractivity contribution < 1.29 is 38.1 Å². The van der Waals surface area contributed by atoms with E-state index in [0.717, 1.165) is 41.2 Å². The Bertz CT molecular complexity index is 2480. The van der Waals surface area contributed by atoms with Gasteiger partial charge in [0.25, 0.3) is 11.8 Å². The van der Waals surface area contributed by atoms with E-state index in [-0.39, 0.29) is 49.4 Å². The highest BCUT2D eigenvalue weighted by atomic mass is 79.9. The van der Waals surface area contributed by atoms with Crippen molar-refractivity contribution in [2.24, 2.45) is 9.98 Å². The first-order valence-electron chi connectivity index (χ1n) is 22.0. The fourth-order valence-electron chi connectivity index (χ4n) is 8.54. The molecule has 0 radical (unpaired) electrons. The van der Waals surface area contributed by atoms with E-state index in [2.05, 4.69) is 52.5 Å². The number of amides is 2. The molecule has 2 N–H and O–H groups in total. The summed E-state index contributed by atoms with van der Waals surface area (Å²) in [5.41, 5.74) is 3.47. The van der Waals surface area contributed by atoms with Gasteiger partial charge >= 0.3 is 0 Å². The first-order valence-corrected chi connectivity index (χ1v) is 25.2. The van der Waals surface area contributed by atoms with Gasteiger partial charge in [0.1, 0.15) is 22.7 Å². The third-order valence-corrected chi connectivity index (χ3v) is 15.3. The van der Waals surface area contributed by atoms with Crippen LogP contribution in [0.25, 0.3) is 0 Å². The third kappa shape index (κ3) is 12.3.